The van der Waals surface area contributed by atoms with Crippen molar-refractivity contribution in [3.05, 3.63) is 65.2 Å². The number of methoxy groups -OCH3 is 1. The second kappa shape index (κ2) is 12.4. The summed E-state index contributed by atoms with van der Waals surface area (Å²) in [6, 6.07) is 15.3. The van der Waals surface area contributed by atoms with E-state index in [4.69, 9.17) is 4.74 Å². The standard InChI is InChI=1S/C25H34N2O3S/c1-18(2)14-26-25(29)20(4)27(15-21-9-7-11-23(13-21)30-5)24(28)17-31-16-22-10-6-8-19(3)12-22/h6-13,18,20H,14-17H2,1-5H3,(H,26,29)/t20-/m1/s1. The van der Waals surface area contributed by atoms with Gasteiger partial charge < -0.3 is 15.0 Å². The zero-order valence-electron chi connectivity index (χ0n) is 19.2. The number of rotatable bonds is 11. The summed E-state index contributed by atoms with van der Waals surface area (Å²) in [5, 5.41) is 2.95. The van der Waals surface area contributed by atoms with Crippen LogP contribution in [0, 0.1) is 12.8 Å². The van der Waals surface area contributed by atoms with Crippen molar-refractivity contribution < 1.29 is 14.3 Å². The summed E-state index contributed by atoms with van der Waals surface area (Å²) >= 11 is 1.57. The van der Waals surface area contributed by atoms with Crippen molar-refractivity contribution in [2.75, 3.05) is 19.4 Å². The first-order chi connectivity index (χ1) is 14.8. The molecule has 0 fully saturated rings. The molecule has 6 heteroatoms. The Hall–Kier alpha value is -2.47. The highest BCUT2D eigenvalue weighted by atomic mass is 32.2. The van der Waals surface area contributed by atoms with Gasteiger partial charge in [0.25, 0.3) is 0 Å². The molecule has 5 nitrogen and oxygen atoms in total. The average molecular weight is 443 g/mol. The van der Waals surface area contributed by atoms with E-state index in [1.54, 1.807) is 30.7 Å². The molecule has 31 heavy (non-hydrogen) atoms. The fourth-order valence-electron chi connectivity index (χ4n) is 3.14. The van der Waals surface area contributed by atoms with Gasteiger partial charge in [0, 0.05) is 18.8 Å². The van der Waals surface area contributed by atoms with Crippen molar-refractivity contribution in [3.63, 3.8) is 0 Å². The van der Waals surface area contributed by atoms with Crippen LogP contribution in [0.2, 0.25) is 0 Å². The van der Waals surface area contributed by atoms with Crippen LogP contribution in [0.5, 0.6) is 5.75 Å². The first-order valence-corrected chi connectivity index (χ1v) is 11.8. The summed E-state index contributed by atoms with van der Waals surface area (Å²) < 4.78 is 5.31. The third kappa shape index (κ3) is 8.29. The van der Waals surface area contributed by atoms with Crippen LogP contribution in [0.1, 0.15) is 37.5 Å². The summed E-state index contributed by atoms with van der Waals surface area (Å²) in [5.74, 6) is 1.98. The third-order valence-electron chi connectivity index (χ3n) is 4.92. The van der Waals surface area contributed by atoms with Crippen molar-refractivity contribution >= 4 is 23.6 Å². The van der Waals surface area contributed by atoms with Crippen molar-refractivity contribution in [3.8, 4) is 5.75 Å². The van der Waals surface area contributed by atoms with Gasteiger partial charge in [-0.3, -0.25) is 9.59 Å². The Balaban J connectivity index is 2.08. The third-order valence-corrected chi connectivity index (χ3v) is 5.90. The molecule has 0 aromatic heterocycles. The molecule has 0 saturated heterocycles. The molecule has 0 bridgehead atoms. The lowest BCUT2D eigenvalue weighted by molar-refractivity contribution is -0.138. The zero-order chi connectivity index (χ0) is 22.8. The molecular formula is C25H34N2O3S. The van der Waals surface area contributed by atoms with Crippen LogP contribution in [0.3, 0.4) is 0 Å². The molecule has 0 spiro atoms. The number of aryl methyl sites for hydroxylation is 1. The molecule has 1 N–H and O–H groups in total. The second-order valence-corrected chi connectivity index (χ2v) is 9.16. The van der Waals surface area contributed by atoms with Gasteiger partial charge in [-0.05, 0) is 43.0 Å². The number of nitrogens with zero attached hydrogens (tertiary/aromatic N) is 1. The van der Waals surface area contributed by atoms with E-state index in [0.717, 1.165) is 17.1 Å². The summed E-state index contributed by atoms with van der Waals surface area (Å²) in [7, 11) is 1.62. The number of hydrogen-bond acceptors (Lipinski definition) is 4. The number of thioether (sulfide) groups is 1. The highest BCUT2D eigenvalue weighted by Gasteiger charge is 2.26. The first-order valence-electron chi connectivity index (χ1n) is 10.6. The Kier molecular flexibility index (Phi) is 9.92. The first kappa shape index (κ1) is 24.8. The van der Waals surface area contributed by atoms with Gasteiger partial charge in [-0.1, -0.05) is 55.8 Å². The van der Waals surface area contributed by atoms with Gasteiger partial charge in [-0.2, -0.15) is 0 Å². The summed E-state index contributed by atoms with van der Waals surface area (Å²) in [6.07, 6.45) is 0. The van der Waals surface area contributed by atoms with Crippen LogP contribution in [-0.4, -0.2) is 42.2 Å². The van der Waals surface area contributed by atoms with E-state index in [2.05, 4.69) is 30.4 Å². The fourth-order valence-corrected chi connectivity index (χ4v) is 4.00. The topological polar surface area (TPSA) is 58.6 Å². The quantitative estimate of drug-likeness (QED) is 0.559. The predicted octanol–water partition coefficient (Wildman–Crippen LogP) is 4.43. The maximum absolute atomic E-state index is 13.1. The lowest BCUT2D eigenvalue weighted by atomic mass is 10.1. The molecule has 0 saturated carbocycles. The highest BCUT2D eigenvalue weighted by Crippen LogP contribution is 2.19. The van der Waals surface area contributed by atoms with Crippen molar-refractivity contribution in [1.82, 2.24) is 10.2 Å². The molecule has 2 amide bonds. The van der Waals surface area contributed by atoms with E-state index in [1.807, 2.05) is 44.2 Å². The van der Waals surface area contributed by atoms with Gasteiger partial charge in [0.1, 0.15) is 11.8 Å². The molecule has 0 heterocycles. The molecule has 0 aliphatic heterocycles. The van der Waals surface area contributed by atoms with Gasteiger partial charge in [0.15, 0.2) is 0 Å². The van der Waals surface area contributed by atoms with E-state index in [0.29, 0.717) is 24.8 Å². The number of nitrogens with one attached hydrogen (secondary N) is 1. The molecule has 2 aromatic rings. The zero-order valence-corrected chi connectivity index (χ0v) is 20.0. The number of carbonyl (C=O) groups excluding carboxylic acids is 2. The number of amides is 2. The number of carbonyl (C=O) groups is 2. The summed E-state index contributed by atoms with van der Waals surface area (Å²) in [4.78, 5) is 27.5. The largest absolute Gasteiger partial charge is 0.497 e. The van der Waals surface area contributed by atoms with Gasteiger partial charge in [0.05, 0.1) is 12.9 Å². The second-order valence-electron chi connectivity index (χ2n) is 8.17. The molecule has 2 aromatic carbocycles. The summed E-state index contributed by atoms with van der Waals surface area (Å²) in [6.45, 7) is 8.90. The van der Waals surface area contributed by atoms with Gasteiger partial charge in [-0.15, -0.1) is 11.8 Å². The lowest BCUT2D eigenvalue weighted by Gasteiger charge is -2.29. The van der Waals surface area contributed by atoms with Crippen LogP contribution in [0.25, 0.3) is 0 Å². The van der Waals surface area contributed by atoms with Crippen LogP contribution in [0.4, 0.5) is 0 Å². The molecule has 0 aliphatic carbocycles. The average Bonchev–Trinajstić information content (AvgIpc) is 2.75. The molecule has 168 valence electrons. The minimum atomic E-state index is -0.558. The van der Waals surface area contributed by atoms with Crippen LogP contribution in [0.15, 0.2) is 48.5 Å². The van der Waals surface area contributed by atoms with Gasteiger partial charge in [0.2, 0.25) is 11.8 Å². The van der Waals surface area contributed by atoms with Crippen LogP contribution >= 0.6 is 11.8 Å². The molecule has 0 aliphatic rings. The minimum Gasteiger partial charge on any atom is -0.497 e. The predicted molar refractivity (Wildman–Crippen MR) is 128 cm³/mol. The normalized spacial score (nSPS) is 11.8. The lowest BCUT2D eigenvalue weighted by Crippen LogP contribution is -2.48. The number of hydrogen-bond donors (Lipinski definition) is 1. The molecular weight excluding hydrogens is 408 g/mol. The molecule has 0 unspecified atom stereocenters. The smallest absolute Gasteiger partial charge is 0.242 e. The number of benzene rings is 2. The van der Waals surface area contributed by atoms with E-state index >= 15 is 0 Å². The Labute approximate surface area is 190 Å². The number of ether oxygens (including phenoxy) is 1. The minimum absolute atomic E-state index is 0.0485. The van der Waals surface area contributed by atoms with Gasteiger partial charge >= 0.3 is 0 Å². The Morgan fingerprint density at radius 3 is 2.45 bits per heavy atom. The van der Waals surface area contributed by atoms with Gasteiger partial charge in [-0.25, -0.2) is 0 Å². The van der Waals surface area contributed by atoms with Crippen molar-refractivity contribution in [1.29, 1.82) is 0 Å². The Morgan fingerprint density at radius 1 is 1.06 bits per heavy atom. The Morgan fingerprint density at radius 2 is 1.77 bits per heavy atom. The SMILES string of the molecule is COc1cccc(CN(C(=O)CSCc2cccc(C)c2)[C@H](C)C(=O)NCC(C)C)c1. The van der Waals surface area contributed by atoms with Crippen LogP contribution < -0.4 is 10.1 Å². The molecule has 0 radical (unpaired) electrons. The van der Waals surface area contributed by atoms with Crippen molar-refractivity contribution in [2.45, 2.75) is 46.0 Å². The van der Waals surface area contributed by atoms with E-state index in [1.165, 1.54) is 11.1 Å². The highest BCUT2D eigenvalue weighted by molar-refractivity contribution is 7.99. The maximum Gasteiger partial charge on any atom is 0.242 e. The monoisotopic (exact) mass is 442 g/mol. The Bertz CT molecular complexity index is 869. The summed E-state index contributed by atoms with van der Waals surface area (Å²) in [5.41, 5.74) is 3.33. The molecule has 1 atom stereocenters. The van der Waals surface area contributed by atoms with E-state index in [9.17, 15) is 9.59 Å². The van der Waals surface area contributed by atoms with E-state index < -0.39 is 6.04 Å². The van der Waals surface area contributed by atoms with Crippen molar-refractivity contribution in [2.24, 2.45) is 5.92 Å². The van der Waals surface area contributed by atoms with Crippen LogP contribution in [-0.2, 0) is 21.9 Å². The molecule has 2 rings (SSSR count). The fraction of sp³-hybridized carbons (Fsp3) is 0.440. The maximum atomic E-state index is 13.1. The van der Waals surface area contributed by atoms with E-state index in [-0.39, 0.29) is 11.8 Å².